The topological polar surface area (TPSA) is 71.4 Å². The van der Waals surface area contributed by atoms with Crippen LogP contribution in [0.3, 0.4) is 0 Å². The molecular weight excluding hydrogens is 485 g/mol. The molecule has 1 aliphatic rings. The maximum atomic E-state index is 6.09. The zero-order chi connectivity index (χ0) is 19.1. The van der Waals surface area contributed by atoms with Crippen LogP contribution in [0.4, 0.5) is 0 Å². The molecule has 8 heteroatoms. The van der Waals surface area contributed by atoms with E-state index in [0.29, 0.717) is 19.2 Å². The second kappa shape index (κ2) is 11.5. The molecule has 2 aromatic heterocycles. The van der Waals surface area contributed by atoms with Crippen molar-refractivity contribution >= 4 is 41.3 Å². The van der Waals surface area contributed by atoms with Crippen molar-refractivity contribution in [3.05, 3.63) is 40.0 Å². The predicted molar refractivity (Wildman–Crippen MR) is 126 cm³/mol. The average Bonchev–Trinajstić information content (AvgIpc) is 3.09. The third kappa shape index (κ3) is 7.20. The van der Waals surface area contributed by atoms with E-state index in [2.05, 4.69) is 39.4 Å². The first-order chi connectivity index (χ1) is 13.1. The van der Waals surface area contributed by atoms with E-state index in [1.807, 2.05) is 24.5 Å². The van der Waals surface area contributed by atoms with E-state index >= 15 is 0 Å². The van der Waals surface area contributed by atoms with E-state index in [1.54, 1.807) is 18.4 Å². The van der Waals surface area contributed by atoms with Gasteiger partial charge in [-0.2, -0.15) is 0 Å². The van der Waals surface area contributed by atoms with Gasteiger partial charge in [0.15, 0.2) is 5.96 Å². The minimum absolute atomic E-state index is 0. The van der Waals surface area contributed by atoms with Crippen molar-refractivity contribution in [1.82, 2.24) is 20.6 Å². The van der Waals surface area contributed by atoms with Gasteiger partial charge >= 0.3 is 0 Å². The maximum Gasteiger partial charge on any atom is 0.213 e. The molecule has 0 amide bonds. The van der Waals surface area contributed by atoms with E-state index < -0.39 is 0 Å². The summed E-state index contributed by atoms with van der Waals surface area (Å²) in [5.41, 5.74) is 1.12. The summed E-state index contributed by atoms with van der Waals surface area (Å²) in [4.78, 5) is 14.2. The van der Waals surface area contributed by atoms with Crippen molar-refractivity contribution in [2.45, 2.75) is 58.7 Å². The number of pyridine rings is 1. The van der Waals surface area contributed by atoms with E-state index in [0.717, 1.165) is 41.2 Å². The summed E-state index contributed by atoms with van der Waals surface area (Å²) in [5, 5.41) is 7.68. The third-order valence-electron chi connectivity index (χ3n) is 4.81. The van der Waals surface area contributed by atoms with Crippen LogP contribution in [-0.2, 0) is 13.1 Å². The number of nitrogens with one attached hydrogen (secondary N) is 2. The molecule has 6 nitrogen and oxygen atoms in total. The summed E-state index contributed by atoms with van der Waals surface area (Å²) in [6, 6.07) is 4.02. The van der Waals surface area contributed by atoms with Crippen LogP contribution in [0.2, 0.25) is 0 Å². The second-order valence-corrected chi connectivity index (χ2v) is 8.47. The normalized spacial score (nSPS) is 19.6. The molecule has 28 heavy (non-hydrogen) atoms. The first-order valence-corrected chi connectivity index (χ1v) is 10.4. The summed E-state index contributed by atoms with van der Waals surface area (Å²) in [6.45, 7) is 5.71. The Morgan fingerprint density at radius 2 is 1.96 bits per heavy atom. The minimum Gasteiger partial charge on any atom is -0.474 e. The van der Waals surface area contributed by atoms with Crippen molar-refractivity contribution in [2.24, 2.45) is 10.9 Å². The second-order valence-electron chi connectivity index (χ2n) is 7.15. The number of aromatic nitrogens is 2. The quantitative estimate of drug-likeness (QED) is 0.341. The molecule has 154 valence electrons. The van der Waals surface area contributed by atoms with E-state index in [9.17, 15) is 0 Å². The van der Waals surface area contributed by atoms with Gasteiger partial charge in [-0.25, -0.2) is 9.97 Å². The zero-order valence-corrected chi connectivity index (χ0v) is 19.9. The monoisotopic (exact) mass is 515 g/mol. The largest absolute Gasteiger partial charge is 0.474 e. The molecule has 0 aromatic carbocycles. The molecule has 0 radical (unpaired) electrons. The van der Waals surface area contributed by atoms with Gasteiger partial charge in [0.1, 0.15) is 11.1 Å². The lowest BCUT2D eigenvalue weighted by Crippen LogP contribution is -2.36. The number of guanidine groups is 1. The number of rotatable bonds is 6. The Bertz CT molecular complexity index is 759. The van der Waals surface area contributed by atoms with Crippen molar-refractivity contribution in [3.63, 3.8) is 0 Å². The number of nitrogens with zero attached hydrogens (tertiary/aromatic N) is 3. The van der Waals surface area contributed by atoms with Gasteiger partial charge in [0, 0.05) is 36.9 Å². The van der Waals surface area contributed by atoms with Gasteiger partial charge in [-0.1, -0.05) is 6.92 Å². The number of hydrogen-bond acceptors (Lipinski definition) is 5. The summed E-state index contributed by atoms with van der Waals surface area (Å²) >= 11 is 1.69. The first kappa shape index (κ1) is 22.9. The van der Waals surface area contributed by atoms with Crippen LogP contribution in [0, 0.1) is 12.8 Å². The van der Waals surface area contributed by atoms with E-state index in [1.165, 1.54) is 17.7 Å². The van der Waals surface area contributed by atoms with Crippen molar-refractivity contribution in [2.75, 3.05) is 7.05 Å². The Kier molecular flexibility index (Phi) is 9.43. The summed E-state index contributed by atoms with van der Waals surface area (Å²) in [6.07, 6.45) is 8.73. The average molecular weight is 515 g/mol. The van der Waals surface area contributed by atoms with Gasteiger partial charge in [0.2, 0.25) is 5.88 Å². The highest BCUT2D eigenvalue weighted by Gasteiger charge is 2.19. The van der Waals surface area contributed by atoms with Gasteiger partial charge in [-0.05, 0) is 50.2 Å². The van der Waals surface area contributed by atoms with Crippen LogP contribution in [0.5, 0.6) is 5.88 Å². The molecule has 1 saturated carbocycles. The van der Waals surface area contributed by atoms with Gasteiger partial charge in [0.25, 0.3) is 0 Å². The molecule has 0 unspecified atom stereocenters. The number of hydrogen-bond donors (Lipinski definition) is 2. The van der Waals surface area contributed by atoms with Crippen LogP contribution < -0.4 is 15.4 Å². The van der Waals surface area contributed by atoms with Crippen molar-refractivity contribution in [3.8, 4) is 5.88 Å². The SMILES string of the molecule is CN=C(NCc1ccnc(OC2CCC(C)CC2)c1)NCc1ncc(C)s1.I. The minimum atomic E-state index is 0. The molecule has 2 aromatic rings. The Labute approximate surface area is 188 Å². The number of ether oxygens (including phenoxy) is 1. The van der Waals surface area contributed by atoms with Crippen LogP contribution in [0.25, 0.3) is 0 Å². The molecule has 0 bridgehead atoms. The molecule has 1 aliphatic carbocycles. The van der Waals surface area contributed by atoms with Crippen molar-refractivity contribution < 1.29 is 4.74 Å². The molecule has 0 atom stereocenters. The van der Waals surface area contributed by atoms with E-state index in [4.69, 9.17) is 4.74 Å². The van der Waals surface area contributed by atoms with E-state index in [-0.39, 0.29) is 24.0 Å². The number of aryl methyl sites for hydroxylation is 1. The lowest BCUT2D eigenvalue weighted by molar-refractivity contribution is 0.130. The Balaban J connectivity index is 0.00000280. The smallest absolute Gasteiger partial charge is 0.213 e. The molecule has 2 heterocycles. The summed E-state index contributed by atoms with van der Waals surface area (Å²) < 4.78 is 6.09. The van der Waals surface area contributed by atoms with Gasteiger partial charge in [-0.15, -0.1) is 35.3 Å². The zero-order valence-electron chi connectivity index (χ0n) is 16.8. The van der Waals surface area contributed by atoms with Crippen LogP contribution in [-0.4, -0.2) is 29.1 Å². The molecule has 3 rings (SSSR count). The lowest BCUT2D eigenvalue weighted by atomic mass is 9.89. The number of thiazole rings is 1. The molecular formula is C20H30IN5OS. The fourth-order valence-electron chi connectivity index (χ4n) is 3.19. The number of halogens is 1. The maximum absolute atomic E-state index is 6.09. The first-order valence-electron chi connectivity index (χ1n) is 9.60. The van der Waals surface area contributed by atoms with Gasteiger partial charge in [-0.3, -0.25) is 4.99 Å². The number of aliphatic imine (C=N–C) groups is 1. The lowest BCUT2D eigenvalue weighted by Gasteiger charge is -2.26. The molecule has 0 spiro atoms. The third-order valence-corrected chi connectivity index (χ3v) is 5.72. The highest BCUT2D eigenvalue weighted by atomic mass is 127. The van der Waals surface area contributed by atoms with Gasteiger partial charge < -0.3 is 15.4 Å². The molecule has 0 aliphatic heterocycles. The highest BCUT2D eigenvalue weighted by Crippen LogP contribution is 2.26. The summed E-state index contributed by atoms with van der Waals surface area (Å²) in [7, 11) is 1.77. The predicted octanol–water partition coefficient (Wildman–Crippen LogP) is 4.29. The highest BCUT2D eigenvalue weighted by molar-refractivity contribution is 14.0. The van der Waals surface area contributed by atoms with Crippen LogP contribution >= 0.6 is 35.3 Å². The van der Waals surface area contributed by atoms with Crippen LogP contribution in [0.15, 0.2) is 29.5 Å². The summed E-state index contributed by atoms with van der Waals surface area (Å²) in [5.74, 6) is 2.29. The fourth-order valence-corrected chi connectivity index (χ4v) is 3.92. The van der Waals surface area contributed by atoms with Crippen molar-refractivity contribution in [1.29, 1.82) is 0 Å². The Morgan fingerprint density at radius 1 is 1.21 bits per heavy atom. The molecule has 2 N–H and O–H groups in total. The molecule has 1 fully saturated rings. The standard InChI is InChI=1S/C20H29N5OS.HI/c1-14-4-6-17(7-5-14)26-18-10-16(8-9-22-18)12-24-20(21-3)25-13-19-23-11-15(2)27-19;/h8-11,14,17H,4-7,12-13H2,1-3H3,(H2,21,24,25);1H. The van der Waals surface area contributed by atoms with Crippen LogP contribution in [0.1, 0.15) is 48.1 Å². The Morgan fingerprint density at radius 3 is 2.64 bits per heavy atom. The van der Waals surface area contributed by atoms with Gasteiger partial charge in [0.05, 0.1) is 6.54 Å². The molecule has 0 saturated heterocycles. The Hall–Kier alpha value is -1.42. The fraction of sp³-hybridized carbons (Fsp3) is 0.550.